The molecule has 0 saturated carbocycles. The second kappa shape index (κ2) is 6.67. The molecule has 0 bridgehead atoms. The van der Waals surface area contributed by atoms with Gasteiger partial charge < -0.3 is 10.1 Å². The van der Waals surface area contributed by atoms with Gasteiger partial charge in [-0.2, -0.15) is 5.11 Å². The van der Waals surface area contributed by atoms with Crippen molar-refractivity contribution in [2.75, 3.05) is 0 Å². The number of hydrogen-bond donors (Lipinski definition) is 3. The minimum atomic E-state index is -3.88. The van der Waals surface area contributed by atoms with Gasteiger partial charge in [0.1, 0.15) is 5.52 Å². The Morgan fingerprint density at radius 3 is 2.21 bits per heavy atom. The minimum Gasteiger partial charge on any atom is -0.493 e. The topological polar surface area (TPSA) is 207 Å². The van der Waals surface area contributed by atoms with Gasteiger partial charge in [0, 0.05) is 11.5 Å². The number of nitrogens with two attached hydrogens (primary N) is 1. The fraction of sp³-hybridized carbons (Fsp3) is 0. The number of H-pyrrole nitrogens is 1. The van der Waals surface area contributed by atoms with Crippen LogP contribution in [0.15, 0.2) is 51.5 Å². The largest absolute Gasteiger partial charge is 0.493 e. The Kier molecular flexibility index (Phi) is 4.50. The van der Waals surface area contributed by atoms with E-state index in [1.165, 1.54) is 24.3 Å². The molecule has 144 valence electrons. The zero-order valence-corrected chi connectivity index (χ0v) is 14.5. The molecule has 0 saturated heterocycles. The van der Waals surface area contributed by atoms with E-state index in [0.29, 0.717) is 0 Å². The lowest BCUT2D eigenvalue weighted by atomic mass is 10.2. The van der Waals surface area contributed by atoms with Gasteiger partial charge in [-0.05, 0) is 24.3 Å². The van der Waals surface area contributed by atoms with E-state index in [4.69, 9.17) is 5.14 Å². The fourth-order valence-electron chi connectivity index (χ4n) is 2.40. The van der Waals surface area contributed by atoms with Crippen LogP contribution in [-0.4, -0.2) is 28.4 Å². The molecule has 28 heavy (non-hydrogen) atoms. The highest BCUT2D eigenvalue weighted by Gasteiger charge is 2.25. The maximum Gasteiger partial charge on any atom is 0.300 e. The van der Waals surface area contributed by atoms with Gasteiger partial charge in [-0.1, -0.05) is 0 Å². The fourth-order valence-corrected chi connectivity index (χ4v) is 2.91. The standard InChI is InChI=1S/C14H10N6O7S/c15-28(26,27)9-3-1-7(2-4-9)17-18-13-10-5-8(19(22)23)6-11(20(24)25)12(10)16-14(13)21/h1-6,16,21H,(H2,15,26,27). The molecule has 0 atom stereocenters. The summed E-state index contributed by atoms with van der Waals surface area (Å²) >= 11 is 0. The van der Waals surface area contributed by atoms with E-state index in [2.05, 4.69) is 15.2 Å². The average molecular weight is 406 g/mol. The number of non-ortho nitro benzene ring substituents is 2. The first-order valence-electron chi connectivity index (χ1n) is 7.30. The highest BCUT2D eigenvalue weighted by Crippen LogP contribution is 2.42. The van der Waals surface area contributed by atoms with Gasteiger partial charge in [0.05, 0.1) is 26.5 Å². The summed E-state index contributed by atoms with van der Waals surface area (Å²) in [5, 5.41) is 44.7. The first-order valence-corrected chi connectivity index (χ1v) is 8.84. The molecule has 4 N–H and O–H groups in total. The third-order valence-electron chi connectivity index (χ3n) is 3.66. The SMILES string of the molecule is NS(=O)(=O)c1ccc(N=Nc2c(O)[nH]c3c([N+](=O)[O-])cc([N+](=O)[O-])cc23)cc1. The molecule has 1 aromatic heterocycles. The first kappa shape index (κ1) is 18.9. The van der Waals surface area contributed by atoms with Gasteiger partial charge in [-0.15, -0.1) is 5.11 Å². The smallest absolute Gasteiger partial charge is 0.300 e. The zero-order valence-electron chi connectivity index (χ0n) is 13.6. The summed E-state index contributed by atoms with van der Waals surface area (Å²) < 4.78 is 22.5. The van der Waals surface area contributed by atoms with Crippen LogP contribution in [0.3, 0.4) is 0 Å². The van der Waals surface area contributed by atoms with Crippen molar-refractivity contribution in [1.82, 2.24) is 4.98 Å². The second-order valence-corrected chi connectivity index (χ2v) is 7.02. The molecule has 0 fully saturated rings. The Bertz CT molecular complexity index is 1250. The lowest BCUT2D eigenvalue weighted by Crippen LogP contribution is -2.11. The highest BCUT2D eigenvalue weighted by atomic mass is 32.2. The molecule has 2 aromatic carbocycles. The van der Waals surface area contributed by atoms with Crippen molar-refractivity contribution in [3.8, 4) is 5.88 Å². The minimum absolute atomic E-state index is 0.0803. The number of sulfonamides is 1. The van der Waals surface area contributed by atoms with Crippen molar-refractivity contribution in [3.05, 3.63) is 56.6 Å². The van der Waals surface area contributed by atoms with Gasteiger partial charge in [-0.3, -0.25) is 20.2 Å². The monoisotopic (exact) mass is 406 g/mol. The number of nitrogens with zero attached hydrogens (tertiary/aromatic N) is 4. The number of nitro benzene ring substituents is 2. The molecule has 3 aromatic rings. The number of hydrogen-bond acceptors (Lipinski definition) is 9. The Hall–Kier alpha value is -3.91. The van der Waals surface area contributed by atoms with Crippen molar-refractivity contribution in [1.29, 1.82) is 0 Å². The van der Waals surface area contributed by atoms with Crippen molar-refractivity contribution in [2.45, 2.75) is 4.90 Å². The van der Waals surface area contributed by atoms with E-state index in [0.717, 1.165) is 12.1 Å². The van der Waals surface area contributed by atoms with Crippen LogP contribution in [0.5, 0.6) is 5.88 Å². The van der Waals surface area contributed by atoms with E-state index >= 15 is 0 Å². The van der Waals surface area contributed by atoms with Crippen LogP contribution in [0.25, 0.3) is 10.9 Å². The molecular formula is C14H10N6O7S. The van der Waals surface area contributed by atoms with Gasteiger partial charge in [0.2, 0.25) is 15.9 Å². The van der Waals surface area contributed by atoms with Crippen LogP contribution in [0.4, 0.5) is 22.7 Å². The highest BCUT2D eigenvalue weighted by molar-refractivity contribution is 7.89. The number of azo groups is 1. The molecule has 14 heteroatoms. The molecular weight excluding hydrogens is 396 g/mol. The molecule has 3 rings (SSSR count). The normalized spacial score (nSPS) is 11.9. The predicted octanol–water partition coefficient (Wildman–Crippen LogP) is 2.75. The van der Waals surface area contributed by atoms with E-state index in [-0.39, 0.29) is 27.2 Å². The number of aromatic amines is 1. The molecule has 0 aliphatic carbocycles. The maximum absolute atomic E-state index is 11.2. The molecule has 0 aliphatic heterocycles. The third kappa shape index (κ3) is 3.49. The summed E-state index contributed by atoms with van der Waals surface area (Å²) in [6, 6.07) is 6.73. The number of primary sulfonamides is 1. The van der Waals surface area contributed by atoms with Gasteiger partial charge in [0.25, 0.3) is 11.4 Å². The molecule has 0 amide bonds. The summed E-state index contributed by atoms with van der Waals surface area (Å²) in [6.45, 7) is 0. The lowest BCUT2D eigenvalue weighted by Gasteiger charge is -1.98. The number of nitro groups is 2. The van der Waals surface area contributed by atoms with Crippen molar-refractivity contribution >= 4 is 43.7 Å². The van der Waals surface area contributed by atoms with Crippen LogP contribution < -0.4 is 5.14 Å². The van der Waals surface area contributed by atoms with Crippen LogP contribution in [0, 0.1) is 20.2 Å². The van der Waals surface area contributed by atoms with E-state index in [9.17, 15) is 33.8 Å². The van der Waals surface area contributed by atoms with E-state index < -0.39 is 37.1 Å². The summed E-state index contributed by atoms with van der Waals surface area (Å²) in [6.07, 6.45) is 0. The van der Waals surface area contributed by atoms with E-state index in [1.807, 2.05) is 0 Å². The van der Waals surface area contributed by atoms with Crippen LogP contribution >= 0.6 is 0 Å². The zero-order chi connectivity index (χ0) is 20.6. The molecule has 0 unspecified atom stereocenters. The number of aromatic hydroxyl groups is 1. The summed E-state index contributed by atoms with van der Waals surface area (Å²) in [5.41, 5.74) is -1.41. The van der Waals surface area contributed by atoms with Crippen molar-refractivity contribution in [2.24, 2.45) is 15.4 Å². The number of rotatable bonds is 5. The molecule has 13 nitrogen and oxygen atoms in total. The average Bonchev–Trinajstić information content (AvgIpc) is 2.93. The first-order chi connectivity index (χ1) is 13.1. The quantitative estimate of drug-likeness (QED) is 0.327. The summed E-state index contributed by atoms with van der Waals surface area (Å²) in [7, 11) is -3.88. The molecule has 0 spiro atoms. The van der Waals surface area contributed by atoms with Crippen LogP contribution in [0.2, 0.25) is 0 Å². The number of benzene rings is 2. The summed E-state index contributed by atoms with van der Waals surface area (Å²) in [5.74, 6) is -0.580. The Morgan fingerprint density at radius 2 is 1.68 bits per heavy atom. The van der Waals surface area contributed by atoms with Gasteiger partial charge in [-0.25, -0.2) is 13.6 Å². The maximum atomic E-state index is 11.2. The molecule has 1 heterocycles. The van der Waals surface area contributed by atoms with E-state index in [1.54, 1.807) is 0 Å². The van der Waals surface area contributed by atoms with Crippen molar-refractivity contribution in [3.63, 3.8) is 0 Å². The van der Waals surface area contributed by atoms with Crippen LogP contribution in [0.1, 0.15) is 0 Å². The number of fused-ring (bicyclic) bond motifs is 1. The predicted molar refractivity (Wildman–Crippen MR) is 95.3 cm³/mol. The summed E-state index contributed by atoms with van der Waals surface area (Å²) in [4.78, 5) is 22.8. The number of aromatic nitrogens is 1. The molecule has 0 aliphatic rings. The van der Waals surface area contributed by atoms with Crippen molar-refractivity contribution < 1.29 is 23.4 Å². The number of nitrogens with one attached hydrogen (secondary N) is 1. The Balaban J connectivity index is 2.10. The Labute approximate surface area is 155 Å². The van der Waals surface area contributed by atoms with Gasteiger partial charge >= 0.3 is 0 Å². The molecule has 0 radical (unpaired) electrons. The Morgan fingerprint density at radius 1 is 1.04 bits per heavy atom. The lowest BCUT2D eigenvalue weighted by molar-refractivity contribution is -0.393. The second-order valence-electron chi connectivity index (χ2n) is 5.46. The van der Waals surface area contributed by atoms with Crippen LogP contribution in [-0.2, 0) is 10.0 Å². The van der Waals surface area contributed by atoms with Gasteiger partial charge in [0.15, 0.2) is 5.69 Å². The third-order valence-corrected chi connectivity index (χ3v) is 4.59.